The monoisotopic (exact) mass is 382 g/mol. The maximum Gasteiger partial charge on any atom is 0.235 e. The van der Waals surface area contributed by atoms with Crippen molar-refractivity contribution < 1.29 is 19.1 Å². The number of ether oxygens (including phenoxy) is 1. The van der Waals surface area contributed by atoms with Crippen molar-refractivity contribution in [2.75, 3.05) is 25.2 Å². The van der Waals surface area contributed by atoms with E-state index in [1.54, 1.807) is 7.11 Å². The second-order valence-electron chi connectivity index (χ2n) is 8.75. The van der Waals surface area contributed by atoms with Gasteiger partial charge in [0.1, 0.15) is 6.04 Å². The second kappa shape index (κ2) is 6.55. The van der Waals surface area contributed by atoms with E-state index in [2.05, 4.69) is 0 Å². The van der Waals surface area contributed by atoms with E-state index in [1.807, 2.05) is 62.1 Å². The summed E-state index contributed by atoms with van der Waals surface area (Å²) in [5.74, 6) is -1.66. The van der Waals surface area contributed by atoms with Crippen LogP contribution in [0.5, 0.6) is 0 Å². The van der Waals surface area contributed by atoms with E-state index in [-0.39, 0.29) is 30.2 Å². The first kappa shape index (κ1) is 18.9. The molecule has 0 saturated carbocycles. The fourth-order valence-electron chi connectivity index (χ4n) is 4.72. The minimum atomic E-state index is -0.656. The summed E-state index contributed by atoms with van der Waals surface area (Å²) >= 11 is 0. The fourth-order valence-corrected chi connectivity index (χ4v) is 4.72. The molecule has 0 aliphatic carbocycles. The molecule has 2 amide bonds. The number of imide groups is 1. The molecule has 6 nitrogen and oxygen atoms in total. The molecule has 0 unspecified atom stereocenters. The second-order valence-corrected chi connectivity index (χ2v) is 8.75. The standard InChI is InChI=1S/C22H26N2O4/c1-22(2,3)19(25)18-17-16(20(26)23(21(17)27)11-12-28-4)15-10-9-13-7-5-6-8-14(13)24(15)18/h5-10,15-18H,11-12H2,1-4H3/t15-,16+,17+,18+/m1/s1. The predicted molar refractivity (Wildman–Crippen MR) is 106 cm³/mol. The van der Waals surface area contributed by atoms with E-state index in [9.17, 15) is 14.4 Å². The molecule has 4 atom stereocenters. The van der Waals surface area contributed by atoms with Gasteiger partial charge in [0.05, 0.1) is 31.0 Å². The number of rotatable bonds is 4. The molecule has 0 radical (unpaired) electrons. The van der Waals surface area contributed by atoms with Crippen LogP contribution in [0.25, 0.3) is 6.08 Å². The average molecular weight is 382 g/mol. The summed E-state index contributed by atoms with van der Waals surface area (Å²) in [5.41, 5.74) is 1.29. The van der Waals surface area contributed by atoms with Crippen molar-refractivity contribution in [3.05, 3.63) is 35.9 Å². The van der Waals surface area contributed by atoms with Crippen LogP contribution in [0.1, 0.15) is 26.3 Å². The summed E-state index contributed by atoms with van der Waals surface area (Å²) in [6.07, 6.45) is 3.97. The Morgan fingerprint density at radius 3 is 2.46 bits per heavy atom. The molecular formula is C22H26N2O4. The highest BCUT2D eigenvalue weighted by molar-refractivity contribution is 6.11. The van der Waals surface area contributed by atoms with E-state index in [1.165, 1.54) is 4.90 Å². The predicted octanol–water partition coefficient (Wildman–Crippen LogP) is 2.13. The molecule has 0 spiro atoms. The van der Waals surface area contributed by atoms with Crippen LogP contribution in [0, 0.1) is 17.3 Å². The van der Waals surface area contributed by atoms with Crippen molar-refractivity contribution in [3.63, 3.8) is 0 Å². The minimum Gasteiger partial charge on any atom is -0.383 e. The summed E-state index contributed by atoms with van der Waals surface area (Å²) in [7, 11) is 1.54. The molecule has 6 heteroatoms. The number of hydrogen-bond acceptors (Lipinski definition) is 5. The zero-order chi connectivity index (χ0) is 20.2. The third kappa shape index (κ3) is 2.62. The normalized spacial score (nSPS) is 28.4. The van der Waals surface area contributed by atoms with Crippen LogP contribution in [0.15, 0.2) is 30.3 Å². The Morgan fingerprint density at radius 1 is 1.11 bits per heavy atom. The van der Waals surface area contributed by atoms with Gasteiger partial charge in [-0.1, -0.05) is 51.1 Å². The highest BCUT2D eigenvalue weighted by atomic mass is 16.5. The number of likely N-dealkylation sites (tertiary alicyclic amines) is 1. The van der Waals surface area contributed by atoms with Crippen molar-refractivity contribution >= 4 is 29.4 Å². The molecule has 1 aromatic carbocycles. The minimum absolute atomic E-state index is 0.00940. The first-order valence-corrected chi connectivity index (χ1v) is 9.71. The van der Waals surface area contributed by atoms with Gasteiger partial charge in [0.2, 0.25) is 11.8 Å². The van der Waals surface area contributed by atoms with Crippen LogP contribution in [0.4, 0.5) is 5.69 Å². The number of amides is 2. The van der Waals surface area contributed by atoms with E-state index in [4.69, 9.17) is 4.74 Å². The molecule has 3 aliphatic rings. The van der Waals surface area contributed by atoms with Gasteiger partial charge in [-0.05, 0) is 11.6 Å². The Balaban J connectivity index is 1.82. The van der Waals surface area contributed by atoms with Crippen molar-refractivity contribution in [2.24, 2.45) is 17.3 Å². The molecule has 0 aromatic heterocycles. The molecule has 3 aliphatic heterocycles. The molecule has 1 aromatic rings. The number of carbonyl (C=O) groups is 3. The maximum absolute atomic E-state index is 13.5. The SMILES string of the molecule is COCCN1C(=O)[C@@H]2[C@H](C1=O)[C@@H](C(=O)C(C)(C)C)N1c3ccccc3C=C[C@H]21. The Morgan fingerprint density at radius 2 is 1.79 bits per heavy atom. The zero-order valence-corrected chi connectivity index (χ0v) is 16.7. The van der Waals surface area contributed by atoms with Crippen LogP contribution in [-0.4, -0.2) is 54.8 Å². The van der Waals surface area contributed by atoms with Crippen LogP contribution < -0.4 is 4.90 Å². The van der Waals surface area contributed by atoms with Gasteiger partial charge in [-0.25, -0.2) is 0 Å². The summed E-state index contributed by atoms with van der Waals surface area (Å²) in [6, 6.07) is 6.89. The fraction of sp³-hybridized carbons (Fsp3) is 0.500. The van der Waals surface area contributed by atoms with Crippen LogP contribution >= 0.6 is 0 Å². The topological polar surface area (TPSA) is 66.9 Å². The van der Waals surface area contributed by atoms with Crippen molar-refractivity contribution in [1.82, 2.24) is 4.90 Å². The van der Waals surface area contributed by atoms with Crippen LogP contribution in [0.3, 0.4) is 0 Å². The molecule has 2 saturated heterocycles. The van der Waals surface area contributed by atoms with Gasteiger partial charge in [-0.15, -0.1) is 0 Å². The summed E-state index contributed by atoms with van der Waals surface area (Å²) < 4.78 is 5.07. The lowest BCUT2D eigenvalue weighted by Crippen LogP contribution is -2.51. The van der Waals surface area contributed by atoms with Crippen LogP contribution in [0.2, 0.25) is 0 Å². The molecule has 148 valence electrons. The molecule has 2 fully saturated rings. The lowest BCUT2D eigenvalue weighted by molar-refractivity contribution is -0.142. The molecule has 0 bridgehead atoms. The number of hydrogen-bond donors (Lipinski definition) is 0. The Hall–Kier alpha value is -2.47. The third-order valence-electron chi connectivity index (χ3n) is 6.03. The number of Topliss-reactive ketones (excluding diaryl/α,β-unsaturated/α-hetero) is 1. The molecular weight excluding hydrogens is 356 g/mol. The summed E-state index contributed by atoms with van der Waals surface area (Å²) in [5, 5.41) is 0. The molecule has 3 heterocycles. The van der Waals surface area contributed by atoms with Gasteiger partial charge in [0.15, 0.2) is 5.78 Å². The number of methoxy groups -OCH3 is 1. The van der Waals surface area contributed by atoms with Gasteiger partial charge in [0.25, 0.3) is 0 Å². The Kier molecular flexibility index (Phi) is 4.42. The smallest absolute Gasteiger partial charge is 0.235 e. The van der Waals surface area contributed by atoms with E-state index in [0.29, 0.717) is 6.61 Å². The molecule has 0 N–H and O–H groups in total. The average Bonchev–Trinajstić information content (AvgIpc) is 3.12. The van der Waals surface area contributed by atoms with Crippen LogP contribution in [-0.2, 0) is 19.1 Å². The lowest BCUT2D eigenvalue weighted by Gasteiger charge is -2.38. The first-order chi connectivity index (χ1) is 13.3. The summed E-state index contributed by atoms with van der Waals surface area (Å²) in [4.78, 5) is 43.2. The zero-order valence-electron chi connectivity index (χ0n) is 16.7. The van der Waals surface area contributed by atoms with E-state index >= 15 is 0 Å². The largest absolute Gasteiger partial charge is 0.383 e. The number of anilines is 1. The Bertz CT molecular complexity index is 870. The maximum atomic E-state index is 13.5. The lowest BCUT2D eigenvalue weighted by atomic mass is 9.79. The highest BCUT2D eigenvalue weighted by Crippen LogP contribution is 2.49. The Labute approximate surface area is 165 Å². The quantitative estimate of drug-likeness (QED) is 0.747. The van der Waals surface area contributed by atoms with Crippen molar-refractivity contribution in [1.29, 1.82) is 0 Å². The van der Waals surface area contributed by atoms with Crippen molar-refractivity contribution in [3.8, 4) is 0 Å². The molecule has 28 heavy (non-hydrogen) atoms. The van der Waals surface area contributed by atoms with E-state index < -0.39 is 23.3 Å². The number of carbonyl (C=O) groups excluding carboxylic acids is 3. The third-order valence-corrected chi connectivity index (χ3v) is 6.03. The van der Waals surface area contributed by atoms with Gasteiger partial charge in [-0.2, -0.15) is 0 Å². The number of nitrogens with zero attached hydrogens (tertiary/aromatic N) is 2. The number of ketones is 1. The van der Waals surface area contributed by atoms with Gasteiger partial charge in [0, 0.05) is 18.2 Å². The van der Waals surface area contributed by atoms with E-state index in [0.717, 1.165) is 11.3 Å². The molecule has 4 rings (SSSR count). The first-order valence-electron chi connectivity index (χ1n) is 9.71. The highest BCUT2D eigenvalue weighted by Gasteiger charge is 2.64. The number of para-hydroxylation sites is 1. The number of benzene rings is 1. The summed E-state index contributed by atoms with van der Waals surface area (Å²) in [6.45, 7) is 6.13. The van der Waals surface area contributed by atoms with Gasteiger partial charge >= 0.3 is 0 Å². The van der Waals surface area contributed by atoms with Crippen molar-refractivity contribution in [2.45, 2.75) is 32.9 Å². The van der Waals surface area contributed by atoms with Gasteiger partial charge < -0.3 is 9.64 Å². The van der Waals surface area contributed by atoms with Gasteiger partial charge in [-0.3, -0.25) is 19.3 Å². The number of fused-ring (bicyclic) bond motifs is 5.